The molecule has 0 spiro atoms. The van der Waals surface area contributed by atoms with Crippen LogP contribution >= 0.6 is 23.2 Å². The summed E-state index contributed by atoms with van der Waals surface area (Å²) < 4.78 is 51.4. The molecule has 11 heteroatoms. The summed E-state index contributed by atoms with van der Waals surface area (Å²) >= 11 is 11.9. The first-order valence-electron chi connectivity index (χ1n) is 6.27. The van der Waals surface area contributed by atoms with Crippen LogP contribution in [-0.2, 0) is 17.0 Å². The molecule has 130 valence electrons. The number of aromatic nitrogens is 2. The van der Waals surface area contributed by atoms with Gasteiger partial charge in [0, 0.05) is 13.3 Å². The lowest BCUT2D eigenvalue weighted by Gasteiger charge is -2.14. The maximum Gasteiger partial charge on any atom is 0.416 e. The molecule has 1 N–H and O–H groups in total. The quantitative estimate of drug-likeness (QED) is 0.794. The van der Waals surface area contributed by atoms with Gasteiger partial charge in [-0.05, 0) is 12.1 Å². The van der Waals surface area contributed by atoms with E-state index in [1.165, 1.54) is 13.3 Å². The number of halogens is 5. The molecule has 1 aromatic carbocycles. The van der Waals surface area contributed by atoms with E-state index in [4.69, 9.17) is 23.2 Å². The summed E-state index contributed by atoms with van der Waals surface area (Å²) in [6, 6.07) is 1.40. The van der Waals surface area contributed by atoms with Crippen LogP contribution < -0.4 is 5.32 Å². The molecule has 24 heavy (non-hydrogen) atoms. The van der Waals surface area contributed by atoms with Crippen LogP contribution in [0.4, 0.5) is 19.0 Å². The molecule has 2 aromatic rings. The second-order valence-electron chi connectivity index (χ2n) is 4.58. The first-order chi connectivity index (χ1) is 11.1. The van der Waals surface area contributed by atoms with Crippen LogP contribution in [0.2, 0.25) is 10.0 Å². The van der Waals surface area contributed by atoms with Gasteiger partial charge in [0.25, 0.3) is 0 Å². The summed E-state index contributed by atoms with van der Waals surface area (Å²) in [6.07, 6.45) is -2.89. The standard InChI is InChI=1S/C13H10Cl2F3N3O2S/c1-19-12-11(24(2)23)9(5-22)20-21(12)10-7(14)3-6(4-8(10)15)13(16,17)18/h3-5,19H,1-2H3. The SMILES string of the molecule is CNc1c(S(C)=O)c(C=O)nn1-c1c(Cl)cc(C(F)(F)F)cc1Cl. The van der Waals surface area contributed by atoms with Crippen molar-refractivity contribution in [1.29, 1.82) is 0 Å². The van der Waals surface area contributed by atoms with Crippen molar-refractivity contribution in [2.45, 2.75) is 11.1 Å². The largest absolute Gasteiger partial charge is 0.416 e. The molecule has 0 aliphatic carbocycles. The third kappa shape index (κ3) is 3.28. The number of anilines is 1. The van der Waals surface area contributed by atoms with Crippen molar-refractivity contribution < 1.29 is 22.2 Å². The molecule has 1 unspecified atom stereocenters. The van der Waals surface area contributed by atoms with E-state index in [0.717, 1.165) is 4.68 Å². The van der Waals surface area contributed by atoms with E-state index >= 15 is 0 Å². The van der Waals surface area contributed by atoms with Gasteiger partial charge in [0.2, 0.25) is 0 Å². The van der Waals surface area contributed by atoms with Crippen LogP contribution in [-0.4, -0.2) is 33.6 Å². The molecule has 0 saturated carbocycles. The van der Waals surface area contributed by atoms with Gasteiger partial charge in [-0.15, -0.1) is 0 Å². The van der Waals surface area contributed by atoms with E-state index in [1.807, 2.05) is 0 Å². The van der Waals surface area contributed by atoms with Crippen molar-refractivity contribution in [1.82, 2.24) is 9.78 Å². The Hall–Kier alpha value is -1.58. The normalized spacial score (nSPS) is 13.0. The summed E-state index contributed by atoms with van der Waals surface area (Å²) in [5.74, 6) is 0.140. The Morgan fingerprint density at radius 3 is 2.21 bits per heavy atom. The zero-order chi connectivity index (χ0) is 18.2. The minimum absolute atomic E-state index is 0.0597. The van der Waals surface area contributed by atoms with E-state index < -0.39 is 22.5 Å². The van der Waals surface area contributed by atoms with Crippen LogP contribution in [0.3, 0.4) is 0 Å². The van der Waals surface area contributed by atoms with Gasteiger partial charge >= 0.3 is 6.18 Å². The fourth-order valence-electron chi connectivity index (χ4n) is 2.09. The molecule has 0 fully saturated rings. The van der Waals surface area contributed by atoms with Crippen LogP contribution in [0.15, 0.2) is 17.0 Å². The van der Waals surface area contributed by atoms with Gasteiger partial charge in [0.1, 0.15) is 22.1 Å². The third-order valence-corrected chi connectivity index (χ3v) is 4.61. The first-order valence-corrected chi connectivity index (χ1v) is 8.59. The lowest BCUT2D eigenvalue weighted by atomic mass is 10.2. The minimum atomic E-state index is -4.62. The van der Waals surface area contributed by atoms with Gasteiger partial charge in [-0.25, -0.2) is 4.68 Å². The van der Waals surface area contributed by atoms with Gasteiger partial charge in [0.15, 0.2) is 6.29 Å². The average molecular weight is 400 g/mol. The number of rotatable bonds is 4. The minimum Gasteiger partial charge on any atom is -0.372 e. The second-order valence-corrected chi connectivity index (χ2v) is 6.71. The van der Waals surface area contributed by atoms with E-state index in [-0.39, 0.29) is 32.1 Å². The molecule has 1 heterocycles. The van der Waals surface area contributed by atoms with Crippen molar-refractivity contribution in [3.8, 4) is 5.69 Å². The molecular weight excluding hydrogens is 390 g/mol. The maximum absolute atomic E-state index is 12.8. The average Bonchev–Trinajstić information content (AvgIpc) is 2.84. The van der Waals surface area contributed by atoms with Crippen molar-refractivity contribution >= 4 is 46.1 Å². The van der Waals surface area contributed by atoms with E-state index in [0.29, 0.717) is 18.4 Å². The summed E-state index contributed by atoms with van der Waals surface area (Å²) in [6.45, 7) is 0. The molecule has 2 rings (SSSR count). The fourth-order valence-corrected chi connectivity index (χ4v) is 3.59. The van der Waals surface area contributed by atoms with Crippen LogP contribution in [0.5, 0.6) is 0 Å². The molecule has 0 amide bonds. The fraction of sp³-hybridized carbons (Fsp3) is 0.231. The number of nitrogens with one attached hydrogen (secondary N) is 1. The lowest BCUT2D eigenvalue weighted by Crippen LogP contribution is -2.09. The highest BCUT2D eigenvalue weighted by Crippen LogP contribution is 2.39. The van der Waals surface area contributed by atoms with Gasteiger partial charge < -0.3 is 5.32 Å². The second kappa shape index (κ2) is 6.73. The summed E-state index contributed by atoms with van der Waals surface area (Å²) in [7, 11) is -0.103. The Balaban J connectivity index is 2.78. The third-order valence-electron chi connectivity index (χ3n) is 3.06. The van der Waals surface area contributed by atoms with Crippen LogP contribution in [0.1, 0.15) is 16.1 Å². The number of carbonyl (C=O) groups excluding carboxylic acids is 1. The first kappa shape index (κ1) is 18.8. The number of carbonyl (C=O) groups is 1. The number of hydrogen-bond acceptors (Lipinski definition) is 4. The molecule has 5 nitrogen and oxygen atoms in total. The van der Waals surface area contributed by atoms with Crippen molar-refractivity contribution in [2.24, 2.45) is 0 Å². The Morgan fingerprint density at radius 2 is 1.83 bits per heavy atom. The molecule has 0 bridgehead atoms. The van der Waals surface area contributed by atoms with Gasteiger partial charge in [0.05, 0.1) is 26.4 Å². The Morgan fingerprint density at radius 1 is 1.29 bits per heavy atom. The van der Waals surface area contributed by atoms with Gasteiger partial charge in [-0.1, -0.05) is 23.2 Å². The molecule has 0 aliphatic rings. The number of alkyl halides is 3. The van der Waals surface area contributed by atoms with Crippen molar-refractivity contribution in [3.63, 3.8) is 0 Å². The predicted octanol–water partition coefficient (Wildman–Crippen LogP) is 3.79. The molecule has 1 aromatic heterocycles. The van der Waals surface area contributed by atoms with E-state index in [2.05, 4.69) is 10.4 Å². The maximum atomic E-state index is 12.8. The Kier molecular flexibility index (Phi) is 5.26. The lowest BCUT2D eigenvalue weighted by molar-refractivity contribution is -0.137. The highest BCUT2D eigenvalue weighted by atomic mass is 35.5. The topological polar surface area (TPSA) is 64.0 Å². The van der Waals surface area contributed by atoms with Gasteiger partial charge in [-0.2, -0.15) is 18.3 Å². The molecule has 0 radical (unpaired) electrons. The summed E-state index contributed by atoms with van der Waals surface area (Å²) in [5.41, 5.74) is -1.21. The number of benzene rings is 1. The smallest absolute Gasteiger partial charge is 0.372 e. The Bertz CT molecular complexity index is 814. The molecular formula is C13H10Cl2F3N3O2S. The summed E-state index contributed by atoms with van der Waals surface area (Å²) in [5, 5.41) is 6.02. The Labute approximate surface area is 147 Å². The number of aldehydes is 1. The van der Waals surface area contributed by atoms with Crippen LogP contribution in [0, 0.1) is 0 Å². The number of hydrogen-bond donors (Lipinski definition) is 1. The molecule has 1 atom stereocenters. The zero-order valence-corrected chi connectivity index (χ0v) is 14.6. The summed E-state index contributed by atoms with van der Waals surface area (Å²) in [4.78, 5) is 11.2. The highest BCUT2D eigenvalue weighted by molar-refractivity contribution is 7.84. The predicted molar refractivity (Wildman–Crippen MR) is 85.9 cm³/mol. The molecule has 0 aliphatic heterocycles. The van der Waals surface area contributed by atoms with E-state index in [1.54, 1.807) is 0 Å². The zero-order valence-electron chi connectivity index (χ0n) is 12.2. The van der Waals surface area contributed by atoms with Crippen LogP contribution in [0.25, 0.3) is 5.69 Å². The monoisotopic (exact) mass is 399 g/mol. The van der Waals surface area contributed by atoms with Crippen molar-refractivity contribution in [2.75, 3.05) is 18.6 Å². The van der Waals surface area contributed by atoms with E-state index in [9.17, 15) is 22.2 Å². The number of nitrogens with zero attached hydrogens (tertiary/aromatic N) is 2. The molecule has 0 saturated heterocycles. The highest BCUT2D eigenvalue weighted by Gasteiger charge is 2.33. The van der Waals surface area contributed by atoms with Crippen molar-refractivity contribution in [3.05, 3.63) is 33.4 Å². The van der Waals surface area contributed by atoms with Gasteiger partial charge in [-0.3, -0.25) is 9.00 Å².